The van der Waals surface area contributed by atoms with Crippen molar-refractivity contribution in [3.63, 3.8) is 0 Å². The standard InChI is InChI=1S/C3H6NO.Na/c1-4-2-3-5;/h4H,2H2,1H3;/q-1;+1. The largest absolute Gasteiger partial charge is 1.00 e. The molecule has 0 aliphatic rings. The minimum atomic E-state index is 0. The van der Waals surface area contributed by atoms with Crippen LogP contribution in [-0.2, 0) is 4.79 Å². The number of hydrogen-bond donors (Lipinski definition) is 1. The Bertz CT molecular complexity index is 32.0. The van der Waals surface area contributed by atoms with Crippen LogP contribution in [0.2, 0.25) is 0 Å². The first-order valence-corrected chi connectivity index (χ1v) is 1.41. The fraction of sp³-hybridized carbons (Fsp3) is 0.667. The predicted octanol–water partition coefficient (Wildman–Crippen LogP) is -3.68. The van der Waals surface area contributed by atoms with Crippen molar-refractivity contribution in [2.24, 2.45) is 0 Å². The van der Waals surface area contributed by atoms with Gasteiger partial charge in [-0.15, -0.1) is 6.54 Å². The van der Waals surface area contributed by atoms with Crippen molar-refractivity contribution >= 4 is 6.29 Å². The van der Waals surface area contributed by atoms with Crippen molar-refractivity contribution in [1.82, 2.24) is 5.32 Å². The van der Waals surface area contributed by atoms with Crippen LogP contribution in [-0.4, -0.2) is 19.9 Å². The van der Waals surface area contributed by atoms with Crippen LogP contribution in [0.3, 0.4) is 0 Å². The fourth-order valence-corrected chi connectivity index (χ4v) is 0.0722. The van der Waals surface area contributed by atoms with E-state index in [4.69, 9.17) is 0 Å². The molecule has 0 aromatic rings. The predicted molar refractivity (Wildman–Crippen MR) is 19.6 cm³/mol. The molecule has 30 valence electrons. The molecule has 2 nitrogen and oxygen atoms in total. The van der Waals surface area contributed by atoms with Gasteiger partial charge in [0.15, 0.2) is 0 Å². The minimum Gasteiger partial charge on any atom is -0.541 e. The zero-order chi connectivity index (χ0) is 4.12. The van der Waals surface area contributed by atoms with Crippen molar-refractivity contribution in [1.29, 1.82) is 0 Å². The topological polar surface area (TPSA) is 29.1 Å². The van der Waals surface area contributed by atoms with Crippen LogP contribution in [0.5, 0.6) is 0 Å². The number of likely N-dealkylation sites (N-methyl/N-ethyl adjacent to an activating group) is 1. The molecule has 0 heterocycles. The van der Waals surface area contributed by atoms with Crippen molar-refractivity contribution in [3.8, 4) is 0 Å². The average molecular weight is 95.1 g/mol. The molecule has 0 rings (SSSR count). The van der Waals surface area contributed by atoms with Crippen LogP contribution in [0.1, 0.15) is 0 Å². The van der Waals surface area contributed by atoms with Crippen LogP contribution in [0.15, 0.2) is 0 Å². The first-order valence-electron chi connectivity index (χ1n) is 1.41. The fourth-order valence-electron chi connectivity index (χ4n) is 0.0722. The second-order valence-corrected chi connectivity index (χ2v) is 0.675. The van der Waals surface area contributed by atoms with Gasteiger partial charge in [0.25, 0.3) is 0 Å². The molecule has 0 bridgehead atoms. The second kappa shape index (κ2) is 9.16. The summed E-state index contributed by atoms with van der Waals surface area (Å²) in [6.07, 6.45) is 1.66. The third-order valence-electron chi connectivity index (χ3n) is 0.249. The van der Waals surface area contributed by atoms with Crippen LogP contribution in [0.4, 0.5) is 0 Å². The van der Waals surface area contributed by atoms with E-state index in [2.05, 4.69) is 5.32 Å². The Labute approximate surface area is 59.6 Å². The van der Waals surface area contributed by atoms with E-state index in [0.29, 0.717) is 6.54 Å². The molecule has 1 N–H and O–H groups in total. The maximum Gasteiger partial charge on any atom is 1.00 e. The summed E-state index contributed by atoms with van der Waals surface area (Å²) in [4.78, 5) is 9.22. The van der Waals surface area contributed by atoms with Crippen LogP contribution in [0, 0.1) is 0 Å². The van der Waals surface area contributed by atoms with E-state index in [1.54, 1.807) is 13.3 Å². The molecular weight excluding hydrogens is 89.0 g/mol. The Morgan fingerprint density at radius 2 is 2.33 bits per heavy atom. The second-order valence-electron chi connectivity index (χ2n) is 0.675. The van der Waals surface area contributed by atoms with Crippen molar-refractivity contribution in [3.05, 3.63) is 0 Å². The van der Waals surface area contributed by atoms with E-state index in [0.717, 1.165) is 0 Å². The summed E-state index contributed by atoms with van der Waals surface area (Å²) in [5.74, 6) is 0. The van der Waals surface area contributed by atoms with E-state index in [1.807, 2.05) is 0 Å². The first-order chi connectivity index (χ1) is 2.41. The molecule has 0 aliphatic carbocycles. The Kier molecular flexibility index (Phi) is 15.0. The Morgan fingerprint density at radius 1 is 1.83 bits per heavy atom. The number of carbonyl (C=O) groups excluding carboxylic acids is 1. The Hall–Kier alpha value is 0.630. The molecular formula is C3H6NNaO. The van der Waals surface area contributed by atoms with Gasteiger partial charge in [-0.25, -0.2) is 0 Å². The smallest absolute Gasteiger partial charge is 0.541 e. The quantitative estimate of drug-likeness (QED) is 0.283. The normalized spacial score (nSPS) is 6.17. The summed E-state index contributed by atoms with van der Waals surface area (Å²) in [6.45, 7) is 0.333. The van der Waals surface area contributed by atoms with Gasteiger partial charge in [-0.05, 0) is 7.05 Å². The first kappa shape index (κ1) is 9.80. The Balaban J connectivity index is 0. The van der Waals surface area contributed by atoms with Crippen molar-refractivity contribution in [2.75, 3.05) is 13.6 Å². The molecule has 0 amide bonds. The Morgan fingerprint density at radius 3 is 2.33 bits per heavy atom. The third-order valence-corrected chi connectivity index (χ3v) is 0.249. The molecule has 0 spiro atoms. The van der Waals surface area contributed by atoms with Gasteiger partial charge in [0, 0.05) is 0 Å². The molecule has 0 aromatic heterocycles. The molecule has 0 radical (unpaired) electrons. The molecule has 0 atom stereocenters. The van der Waals surface area contributed by atoms with E-state index >= 15 is 0 Å². The van der Waals surface area contributed by atoms with Gasteiger partial charge in [0.05, 0.1) is 0 Å². The summed E-state index contributed by atoms with van der Waals surface area (Å²) in [6, 6.07) is 0. The molecule has 3 heteroatoms. The van der Waals surface area contributed by atoms with Gasteiger partial charge in [-0.1, -0.05) is 0 Å². The van der Waals surface area contributed by atoms with Gasteiger partial charge < -0.3 is 10.1 Å². The minimum absolute atomic E-state index is 0. The summed E-state index contributed by atoms with van der Waals surface area (Å²) < 4.78 is 0. The average Bonchev–Trinajstić information content (AvgIpc) is 1.41. The molecule has 6 heavy (non-hydrogen) atoms. The van der Waals surface area contributed by atoms with Gasteiger partial charge in [0.1, 0.15) is 0 Å². The SMILES string of the molecule is CNC[C-]=O.[Na+]. The molecule has 0 saturated carbocycles. The van der Waals surface area contributed by atoms with E-state index in [1.165, 1.54) is 0 Å². The molecule has 0 aliphatic heterocycles. The van der Waals surface area contributed by atoms with Crippen LogP contribution < -0.4 is 34.9 Å². The van der Waals surface area contributed by atoms with Crippen molar-refractivity contribution in [2.45, 2.75) is 0 Å². The summed E-state index contributed by atoms with van der Waals surface area (Å²) in [5.41, 5.74) is 0. The number of nitrogens with one attached hydrogen (secondary N) is 1. The van der Waals surface area contributed by atoms with E-state index in [9.17, 15) is 4.79 Å². The maximum atomic E-state index is 9.22. The van der Waals surface area contributed by atoms with Gasteiger partial charge in [-0.3, -0.25) is 6.29 Å². The molecule has 0 fully saturated rings. The monoisotopic (exact) mass is 95.0 g/mol. The molecule has 0 aromatic carbocycles. The maximum absolute atomic E-state index is 9.22. The number of hydrogen-bond acceptors (Lipinski definition) is 2. The molecule has 0 unspecified atom stereocenters. The zero-order valence-electron chi connectivity index (χ0n) is 4.12. The zero-order valence-corrected chi connectivity index (χ0v) is 6.12. The van der Waals surface area contributed by atoms with Gasteiger partial charge in [0.2, 0.25) is 0 Å². The third kappa shape index (κ3) is 8.82. The van der Waals surface area contributed by atoms with Crippen LogP contribution in [0.25, 0.3) is 0 Å². The van der Waals surface area contributed by atoms with Crippen molar-refractivity contribution < 1.29 is 34.4 Å². The van der Waals surface area contributed by atoms with Gasteiger partial charge in [-0.2, -0.15) is 0 Å². The van der Waals surface area contributed by atoms with Crippen LogP contribution >= 0.6 is 0 Å². The summed E-state index contributed by atoms with van der Waals surface area (Å²) >= 11 is 0. The summed E-state index contributed by atoms with van der Waals surface area (Å²) in [5, 5.41) is 2.59. The van der Waals surface area contributed by atoms with Gasteiger partial charge >= 0.3 is 29.6 Å². The van der Waals surface area contributed by atoms with E-state index in [-0.39, 0.29) is 29.6 Å². The molecule has 0 saturated heterocycles. The number of rotatable bonds is 2. The summed E-state index contributed by atoms with van der Waals surface area (Å²) in [7, 11) is 1.70. The van der Waals surface area contributed by atoms with E-state index < -0.39 is 0 Å².